The number of hydrogen-bond acceptors (Lipinski definition) is 7. The molecule has 34 heavy (non-hydrogen) atoms. The van der Waals surface area contributed by atoms with Gasteiger partial charge in [0.15, 0.2) is 10.9 Å². The number of carbonyl (C=O) groups excluding carboxylic acids is 3. The van der Waals surface area contributed by atoms with Gasteiger partial charge in [-0.3, -0.25) is 19.8 Å². The Morgan fingerprint density at radius 1 is 1.06 bits per heavy atom. The number of benzene rings is 2. The molecule has 0 aliphatic carbocycles. The fourth-order valence-electron chi connectivity index (χ4n) is 3.28. The van der Waals surface area contributed by atoms with Gasteiger partial charge in [0.2, 0.25) is 5.91 Å². The lowest BCUT2D eigenvalue weighted by molar-refractivity contribution is -0.125. The van der Waals surface area contributed by atoms with Gasteiger partial charge in [-0.2, -0.15) is 0 Å². The molecule has 0 spiro atoms. The lowest BCUT2D eigenvalue weighted by Crippen LogP contribution is -2.42. The Morgan fingerprint density at radius 3 is 2.32 bits per heavy atom. The lowest BCUT2D eigenvalue weighted by Gasteiger charge is -2.19. The Balaban J connectivity index is 2.03. The first-order valence-corrected chi connectivity index (χ1v) is 11.9. The van der Waals surface area contributed by atoms with Gasteiger partial charge in [0, 0.05) is 45.3 Å². The quantitative estimate of drug-likeness (QED) is 0.331. The molecule has 0 radical (unpaired) electrons. The molecule has 2 aromatic carbocycles. The molecule has 182 valence electrons. The van der Waals surface area contributed by atoms with Crippen LogP contribution in [0.4, 0.5) is 0 Å². The molecule has 0 bridgehead atoms. The van der Waals surface area contributed by atoms with Crippen molar-refractivity contribution < 1.29 is 19.1 Å². The zero-order valence-corrected chi connectivity index (χ0v) is 21.0. The van der Waals surface area contributed by atoms with Crippen LogP contribution in [0.3, 0.4) is 0 Å². The maximum absolute atomic E-state index is 12.9. The number of amides is 1. The molecule has 0 fully saturated rings. The minimum Gasteiger partial charge on any atom is -0.497 e. The van der Waals surface area contributed by atoms with Crippen molar-refractivity contribution in [1.82, 2.24) is 10.2 Å². The Hall–Kier alpha value is -3.20. The highest BCUT2D eigenvalue weighted by Crippen LogP contribution is 2.28. The van der Waals surface area contributed by atoms with Crippen molar-refractivity contribution in [2.45, 2.75) is 38.6 Å². The molecule has 8 nitrogen and oxygen atoms in total. The molecular formula is C25H32N4O4S. The second kappa shape index (κ2) is 12.3. The van der Waals surface area contributed by atoms with Crippen LogP contribution in [0.1, 0.15) is 38.2 Å². The second-order valence-corrected chi connectivity index (χ2v) is 9.37. The third-order valence-corrected chi connectivity index (χ3v) is 6.53. The van der Waals surface area contributed by atoms with Gasteiger partial charge in [0.25, 0.3) is 0 Å². The normalized spacial score (nSPS) is 12.5. The summed E-state index contributed by atoms with van der Waals surface area (Å²) in [5.74, 6) is -0.0498. The summed E-state index contributed by atoms with van der Waals surface area (Å²) in [7, 11) is 5.02. The Kier molecular flexibility index (Phi) is 9.80. The topological polar surface area (TPSA) is 123 Å². The van der Waals surface area contributed by atoms with Crippen LogP contribution in [0.2, 0.25) is 0 Å². The number of ether oxygens (including phenoxy) is 1. The fourth-order valence-corrected chi connectivity index (χ4v) is 4.27. The molecule has 2 atom stereocenters. The summed E-state index contributed by atoms with van der Waals surface area (Å²) in [6, 6.07) is 10.7. The molecule has 1 unspecified atom stereocenters. The van der Waals surface area contributed by atoms with E-state index in [1.54, 1.807) is 26.1 Å². The molecule has 2 rings (SSSR count). The zero-order valence-electron chi connectivity index (χ0n) is 20.2. The third kappa shape index (κ3) is 7.69. The van der Waals surface area contributed by atoms with Gasteiger partial charge in [0.1, 0.15) is 11.6 Å². The summed E-state index contributed by atoms with van der Waals surface area (Å²) < 4.78 is 5.25. The first kappa shape index (κ1) is 27.0. The maximum atomic E-state index is 12.9. The molecule has 0 aliphatic rings. The summed E-state index contributed by atoms with van der Waals surface area (Å²) in [5.41, 5.74) is 0.957. The summed E-state index contributed by atoms with van der Waals surface area (Å²) >= 11 is 1.000. The number of nitrogens with zero attached hydrogens (tertiary/aromatic N) is 1. The number of hydrogen-bond donors (Lipinski definition) is 3. The first-order valence-electron chi connectivity index (χ1n) is 10.9. The van der Waals surface area contributed by atoms with Crippen molar-refractivity contribution in [3.63, 3.8) is 0 Å². The molecule has 1 amide bonds. The van der Waals surface area contributed by atoms with Crippen LogP contribution in [0, 0.1) is 10.8 Å². The largest absolute Gasteiger partial charge is 0.497 e. The molecule has 0 aromatic heterocycles. The third-order valence-electron chi connectivity index (χ3n) is 5.39. The number of carbonyl (C=O) groups is 3. The predicted octanol–water partition coefficient (Wildman–Crippen LogP) is 3.62. The number of fused-ring (bicyclic) bond motifs is 1. The van der Waals surface area contributed by atoms with E-state index in [9.17, 15) is 14.4 Å². The van der Waals surface area contributed by atoms with Crippen molar-refractivity contribution >= 4 is 50.9 Å². The molecule has 3 N–H and O–H groups in total. The molecule has 0 saturated carbocycles. The molecule has 0 aliphatic heterocycles. The highest BCUT2D eigenvalue weighted by molar-refractivity contribution is 8.13. The Labute approximate surface area is 204 Å². The molecule has 2 aromatic rings. The average Bonchev–Trinajstić information content (AvgIpc) is 2.79. The summed E-state index contributed by atoms with van der Waals surface area (Å²) in [5, 5.41) is 20.3. The number of rotatable bonds is 11. The average molecular weight is 485 g/mol. The van der Waals surface area contributed by atoms with E-state index in [0.29, 0.717) is 0 Å². The van der Waals surface area contributed by atoms with Crippen LogP contribution in [0.25, 0.3) is 10.8 Å². The van der Waals surface area contributed by atoms with Crippen molar-refractivity contribution in [1.29, 1.82) is 10.8 Å². The lowest BCUT2D eigenvalue weighted by atomic mass is 9.99. The second-order valence-electron chi connectivity index (χ2n) is 8.34. The van der Waals surface area contributed by atoms with Crippen molar-refractivity contribution in [2.24, 2.45) is 0 Å². The number of methoxy groups -OCH3 is 1. The van der Waals surface area contributed by atoms with Crippen LogP contribution in [-0.2, 0) is 14.4 Å². The Bertz CT molecular complexity index is 1100. The standard InChI is InChI=1S/C25H32N4O4S/c1-15(17-6-7-19-11-21(33-5)9-8-18(19)10-17)25(32)34-14-22(28-16(2)30)23(31)12-20(26)13-24(27)29(3)4/h6-11,15,22,26-27H,12-14H2,1-5H3,(H,28,30)/t15?,22-/m0/s1. The van der Waals surface area contributed by atoms with Gasteiger partial charge < -0.3 is 20.4 Å². The summed E-state index contributed by atoms with van der Waals surface area (Å²) in [6.07, 6.45) is -0.123. The number of ketones is 1. The summed E-state index contributed by atoms with van der Waals surface area (Å²) in [6.45, 7) is 3.13. The van der Waals surface area contributed by atoms with E-state index in [1.165, 1.54) is 6.92 Å². The van der Waals surface area contributed by atoms with E-state index < -0.39 is 12.0 Å². The van der Waals surface area contributed by atoms with Crippen molar-refractivity contribution in [2.75, 3.05) is 27.0 Å². The zero-order chi connectivity index (χ0) is 25.4. The minimum atomic E-state index is -0.878. The number of Topliss-reactive ketones (excluding diaryl/α,β-unsaturated/α-hetero) is 1. The van der Waals surface area contributed by atoms with Gasteiger partial charge in [-0.25, -0.2) is 0 Å². The van der Waals surface area contributed by atoms with E-state index in [4.69, 9.17) is 15.6 Å². The molecule has 0 heterocycles. The van der Waals surface area contributed by atoms with Gasteiger partial charge in [-0.15, -0.1) is 0 Å². The SMILES string of the molecule is COc1ccc2cc(C(C)C(=O)SC[C@H](NC(C)=O)C(=O)CC(=N)CC(=N)N(C)C)ccc2c1. The van der Waals surface area contributed by atoms with E-state index in [1.807, 2.05) is 43.3 Å². The monoisotopic (exact) mass is 484 g/mol. The van der Waals surface area contributed by atoms with Crippen LogP contribution < -0.4 is 10.1 Å². The van der Waals surface area contributed by atoms with Crippen LogP contribution in [0.5, 0.6) is 5.75 Å². The van der Waals surface area contributed by atoms with Crippen LogP contribution in [0.15, 0.2) is 36.4 Å². The molecular weight excluding hydrogens is 452 g/mol. The maximum Gasteiger partial charge on any atom is 0.217 e. The van der Waals surface area contributed by atoms with Gasteiger partial charge in [0.05, 0.1) is 19.1 Å². The predicted molar refractivity (Wildman–Crippen MR) is 137 cm³/mol. The molecule has 0 saturated heterocycles. The number of nitrogens with one attached hydrogen (secondary N) is 3. The van der Waals surface area contributed by atoms with Crippen LogP contribution >= 0.6 is 11.8 Å². The number of amidine groups is 1. The van der Waals surface area contributed by atoms with Gasteiger partial charge in [-0.05, 0) is 28.5 Å². The van der Waals surface area contributed by atoms with Gasteiger partial charge in [-0.1, -0.05) is 43.0 Å². The minimum absolute atomic E-state index is 0.0580. The van der Waals surface area contributed by atoms with E-state index in [-0.39, 0.29) is 46.9 Å². The first-order chi connectivity index (χ1) is 16.0. The smallest absolute Gasteiger partial charge is 0.217 e. The Morgan fingerprint density at radius 2 is 1.71 bits per heavy atom. The molecule has 9 heteroatoms. The fraction of sp³-hybridized carbons (Fsp3) is 0.400. The van der Waals surface area contributed by atoms with Crippen molar-refractivity contribution in [3.8, 4) is 5.75 Å². The van der Waals surface area contributed by atoms with Crippen molar-refractivity contribution in [3.05, 3.63) is 42.0 Å². The van der Waals surface area contributed by atoms with E-state index >= 15 is 0 Å². The highest BCUT2D eigenvalue weighted by atomic mass is 32.2. The highest BCUT2D eigenvalue weighted by Gasteiger charge is 2.24. The summed E-state index contributed by atoms with van der Waals surface area (Å²) in [4.78, 5) is 38.8. The van der Waals surface area contributed by atoms with E-state index in [0.717, 1.165) is 33.8 Å². The van der Waals surface area contributed by atoms with Crippen LogP contribution in [-0.4, -0.2) is 66.3 Å². The van der Waals surface area contributed by atoms with E-state index in [2.05, 4.69) is 5.32 Å². The number of thioether (sulfide) groups is 1. The van der Waals surface area contributed by atoms with Gasteiger partial charge >= 0.3 is 0 Å².